The number of nitro benzene ring substituents is 1. The van der Waals surface area contributed by atoms with Gasteiger partial charge in [0, 0.05) is 35.8 Å². The van der Waals surface area contributed by atoms with E-state index in [1.165, 1.54) is 42.5 Å². The van der Waals surface area contributed by atoms with Gasteiger partial charge >= 0.3 is 5.97 Å². The minimum absolute atomic E-state index is 0.0473. The highest BCUT2D eigenvalue weighted by Gasteiger charge is 2.14. The van der Waals surface area contributed by atoms with Gasteiger partial charge < -0.3 is 15.4 Å². The third-order valence-corrected chi connectivity index (χ3v) is 3.97. The highest BCUT2D eigenvalue weighted by molar-refractivity contribution is 5.93. The maximum absolute atomic E-state index is 12.8. The van der Waals surface area contributed by atoms with Crippen molar-refractivity contribution in [2.24, 2.45) is 0 Å². The Morgan fingerprint density at radius 3 is 2.30 bits per heavy atom. The van der Waals surface area contributed by atoms with Crippen LogP contribution in [0.25, 0.3) is 0 Å². The Hall–Kier alpha value is -3.82. The molecule has 30 heavy (non-hydrogen) atoms. The van der Waals surface area contributed by atoms with Gasteiger partial charge in [-0.15, -0.1) is 0 Å². The smallest absolute Gasteiger partial charge is 0.306 e. The lowest BCUT2D eigenvalue weighted by Gasteiger charge is -2.08. The number of hydrogen-bond donors (Lipinski definition) is 2. The van der Waals surface area contributed by atoms with Crippen LogP contribution in [0.4, 0.5) is 21.5 Å². The first-order valence-corrected chi connectivity index (χ1v) is 9.00. The highest BCUT2D eigenvalue weighted by atomic mass is 19.1. The maximum Gasteiger partial charge on any atom is 0.306 e. The van der Waals surface area contributed by atoms with Crippen molar-refractivity contribution in [2.45, 2.75) is 26.2 Å². The second kappa shape index (κ2) is 10.6. The minimum atomic E-state index is -0.658. The van der Waals surface area contributed by atoms with Crippen LogP contribution in [-0.4, -0.2) is 29.3 Å². The van der Waals surface area contributed by atoms with Gasteiger partial charge in [0.05, 0.1) is 4.92 Å². The molecule has 0 fully saturated rings. The normalized spacial score (nSPS) is 10.2. The Morgan fingerprint density at radius 2 is 1.63 bits per heavy atom. The fourth-order valence-corrected chi connectivity index (χ4v) is 2.45. The average Bonchev–Trinajstić information content (AvgIpc) is 2.69. The number of amides is 2. The Balaban J connectivity index is 1.68. The van der Waals surface area contributed by atoms with Crippen LogP contribution in [0.5, 0.6) is 0 Å². The number of rotatable bonds is 9. The molecule has 2 rings (SSSR count). The second-order valence-corrected chi connectivity index (χ2v) is 6.38. The summed E-state index contributed by atoms with van der Waals surface area (Å²) in [7, 11) is 0. The number of halogens is 1. The zero-order valence-electron chi connectivity index (χ0n) is 16.1. The summed E-state index contributed by atoms with van der Waals surface area (Å²) in [6, 6.07) is 9.48. The molecule has 10 heteroatoms. The predicted octanol–water partition coefficient (Wildman–Crippen LogP) is 3.33. The van der Waals surface area contributed by atoms with Gasteiger partial charge in [-0.2, -0.15) is 0 Å². The van der Waals surface area contributed by atoms with Crippen molar-refractivity contribution in [3.05, 3.63) is 64.0 Å². The molecule has 2 N–H and O–H groups in total. The molecule has 0 aliphatic carbocycles. The van der Waals surface area contributed by atoms with Gasteiger partial charge in [0.15, 0.2) is 6.61 Å². The van der Waals surface area contributed by atoms with Crippen LogP contribution in [0, 0.1) is 22.9 Å². The Morgan fingerprint density at radius 1 is 1.00 bits per heavy atom. The lowest BCUT2D eigenvalue weighted by molar-refractivity contribution is -0.385. The molecule has 0 radical (unpaired) electrons. The van der Waals surface area contributed by atoms with Crippen LogP contribution >= 0.6 is 0 Å². The largest absolute Gasteiger partial charge is 0.456 e. The van der Waals surface area contributed by atoms with Crippen LogP contribution in [0.1, 0.15) is 24.8 Å². The SMILES string of the molecule is Cc1ccc(NC(=O)COC(=O)CCCC(=O)Nc2ccc(F)cc2)cc1[N+](=O)[O-]. The van der Waals surface area contributed by atoms with Crippen LogP contribution in [0.3, 0.4) is 0 Å². The second-order valence-electron chi connectivity index (χ2n) is 6.38. The van der Waals surface area contributed by atoms with Gasteiger partial charge in [-0.1, -0.05) is 6.07 Å². The Kier molecular flexibility index (Phi) is 7.98. The average molecular weight is 417 g/mol. The summed E-state index contributed by atoms with van der Waals surface area (Å²) in [5, 5.41) is 15.9. The van der Waals surface area contributed by atoms with E-state index >= 15 is 0 Å². The molecule has 2 aromatic rings. The number of esters is 1. The molecule has 0 aliphatic heterocycles. The summed E-state index contributed by atoms with van der Waals surface area (Å²) in [4.78, 5) is 45.7. The quantitative estimate of drug-likeness (QED) is 0.366. The summed E-state index contributed by atoms with van der Waals surface area (Å²) in [5.74, 6) is -2.06. The van der Waals surface area contributed by atoms with E-state index in [4.69, 9.17) is 4.74 Å². The first kappa shape index (κ1) is 22.5. The maximum atomic E-state index is 12.8. The lowest BCUT2D eigenvalue weighted by atomic mass is 10.2. The van der Waals surface area contributed by atoms with E-state index in [1.807, 2.05) is 0 Å². The van der Waals surface area contributed by atoms with Gasteiger partial charge in [-0.3, -0.25) is 24.5 Å². The first-order valence-electron chi connectivity index (χ1n) is 9.00. The summed E-state index contributed by atoms with van der Waals surface area (Å²) < 4.78 is 17.6. The monoisotopic (exact) mass is 417 g/mol. The van der Waals surface area contributed by atoms with Crippen LogP contribution in [0.2, 0.25) is 0 Å². The van der Waals surface area contributed by atoms with Gasteiger partial charge in [-0.05, 0) is 43.7 Å². The molecule has 0 heterocycles. The fraction of sp³-hybridized carbons (Fsp3) is 0.250. The van der Waals surface area contributed by atoms with Crippen molar-refractivity contribution >= 4 is 34.8 Å². The zero-order valence-corrected chi connectivity index (χ0v) is 16.1. The van der Waals surface area contributed by atoms with Crippen LogP contribution in [-0.2, 0) is 19.1 Å². The molecule has 0 saturated heterocycles. The molecule has 0 saturated carbocycles. The molecule has 2 aromatic carbocycles. The standard InChI is InChI=1S/C20H20FN3O6/c1-13-5-8-16(11-17(13)24(28)29)23-19(26)12-30-20(27)4-2-3-18(25)22-15-9-6-14(21)7-10-15/h5-11H,2-4,12H2,1H3,(H,22,25)(H,23,26). The zero-order chi connectivity index (χ0) is 22.1. The van der Waals surface area contributed by atoms with Crippen molar-refractivity contribution in [3.63, 3.8) is 0 Å². The molecular formula is C20H20FN3O6. The van der Waals surface area contributed by atoms with E-state index in [1.54, 1.807) is 6.92 Å². The number of benzene rings is 2. The van der Waals surface area contributed by atoms with Gasteiger partial charge in [0.2, 0.25) is 5.91 Å². The number of nitrogens with one attached hydrogen (secondary N) is 2. The van der Waals surface area contributed by atoms with Crippen molar-refractivity contribution in [3.8, 4) is 0 Å². The fourth-order valence-electron chi connectivity index (χ4n) is 2.45. The van der Waals surface area contributed by atoms with Gasteiger partial charge in [0.25, 0.3) is 11.6 Å². The van der Waals surface area contributed by atoms with Crippen molar-refractivity contribution < 1.29 is 28.4 Å². The number of nitro groups is 1. The molecule has 158 valence electrons. The van der Waals surface area contributed by atoms with Gasteiger partial charge in [0.1, 0.15) is 5.82 Å². The molecule has 0 bridgehead atoms. The van der Waals surface area contributed by atoms with E-state index in [9.17, 15) is 28.9 Å². The number of carbonyl (C=O) groups excluding carboxylic acids is 3. The van der Waals surface area contributed by atoms with Crippen LogP contribution in [0.15, 0.2) is 42.5 Å². The molecule has 0 spiro atoms. The van der Waals surface area contributed by atoms with Gasteiger partial charge in [-0.25, -0.2) is 4.39 Å². The number of carbonyl (C=O) groups is 3. The summed E-state index contributed by atoms with van der Waals surface area (Å²) in [5.41, 5.74) is 0.972. The highest BCUT2D eigenvalue weighted by Crippen LogP contribution is 2.22. The number of aryl methyl sites for hydroxylation is 1. The molecule has 0 atom stereocenters. The molecule has 0 aromatic heterocycles. The number of hydrogen-bond acceptors (Lipinski definition) is 6. The van der Waals surface area contributed by atoms with E-state index in [2.05, 4.69) is 10.6 Å². The molecule has 9 nitrogen and oxygen atoms in total. The van der Waals surface area contributed by atoms with E-state index in [0.29, 0.717) is 11.3 Å². The third kappa shape index (κ3) is 7.30. The first-order chi connectivity index (χ1) is 14.2. The Bertz CT molecular complexity index is 946. The molecule has 2 amide bonds. The Labute approximate surface area is 171 Å². The topological polar surface area (TPSA) is 128 Å². The predicted molar refractivity (Wildman–Crippen MR) is 106 cm³/mol. The van der Waals surface area contributed by atoms with Crippen molar-refractivity contribution in [1.29, 1.82) is 0 Å². The third-order valence-electron chi connectivity index (χ3n) is 3.97. The number of nitrogens with zero attached hydrogens (tertiary/aromatic N) is 1. The van der Waals surface area contributed by atoms with E-state index < -0.39 is 29.2 Å². The summed E-state index contributed by atoms with van der Waals surface area (Å²) in [6.45, 7) is 1.02. The van der Waals surface area contributed by atoms with Crippen molar-refractivity contribution in [2.75, 3.05) is 17.2 Å². The molecule has 0 aliphatic rings. The van der Waals surface area contributed by atoms with Crippen molar-refractivity contribution in [1.82, 2.24) is 0 Å². The minimum Gasteiger partial charge on any atom is -0.456 e. The number of anilines is 2. The lowest BCUT2D eigenvalue weighted by Crippen LogP contribution is -2.21. The molecular weight excluding hydrogens is 397 g/mol. The summed E-state index contributed by atoms with van der Waals surface area (Å²) >= 11 is 0. The van der Waals surface area contributed by atoms with E-state index in [0.717, 1.165) is 0 Å². The van der Waals surface area contributed by atoms with E-state index in [-0.39, 0.29) is 36.5 Å². The summed E-state index contributed by atoms with van der Waals surface area (Å²) in [6.07, 6.45) is 0.184. The number of ether oxygens (including phenoxy) is 1. The molecule has 0 unspecified atom stereocenters. The van der Waals surface area contributed by atoms with Crippen LogP contribution < -0.4 is 10.6 Å².